The maximum atomic E-state index is 11.5. The van der Waals surface area contributed by atoms with E-state index < -0.39 is 0 Å². The van der Waals surface area contributed by atoms with Crippen LogP contribution in [0.15, 0.2) is 18.2 Å². The number of aromatic hydroxyl groups is 1. The number of methoxy groups -OCH3 is 1. The van der Waals surface area contributed by atoms with Gasteiger partial charge in [0.05, 0.1) is 13.7 Å². The molecule has 0 radical (unpaired) electrons. The average molecular weight is 275 g/mol. The third kappa shape index (κ3) is 2.29. The standard InChI is InChI=1S/C16H21NO3/c1-10-8-17(9-16(19)20-2)12-5-11-3-4-13(18)7-15(11)14(10)6-12/h3-4,7,10,12,14,18H,5-6,8-9H2,1-2H3/t10-,12-,14+/m1/s1. The summed E-state index contributed by atoms with van der Waals surface area (Å²) in [6.07, 6.45) is 2.02. The Balaban J connectivity index is 1.87. The van der Waals surface area contributed by atoms with Gasteiger partial charge in [0.2, 0.25) is 0 Å². The summed E-state index contributed by atoms with van der Waals surface area (Å²) in [4.78, 5) is 13.8. The zero-order valence-corrected chi connectivity index (χ0v) is 12.0. The lowest BCUT2D eigenvalue weighted by molar-refractivity contribution is -0.143. The van der Waals surface area contributed by atoms with Crippen LogP contribution in [0.3, 0.4) is 0 Å². The second-order valence-corrected chi connectivity index (χ2v) is 6.07. The molecule has 0 unspecified atom stereocenters. The van der Waals surface area contributed by atoms with Crippen LogP contribution in [-0.4, -0.2) is 42.2 Å². The Morgan fingerprint density at radius 1 is 1.50 bits per heavy atom. The van der Waals surface area contributed by atoms with Crippen LogP contribution in [0.2, 0.25) is 0 Å². The van der Waals surface area contributed by atoms with Gasteiger partial charge in [0, 0.05) is 12.6 Å². The molecule has 20 heavy (non-hydrogen) atoms. The molecule has 0 saturated carbocycles. The molecule has 2 bridgehead atoms. The molecule has 108 valence electrons. The molecule has 1 aliphatic heterocycles. The van der Waals surface area contributed by atoms with E-state index in [1.165, 1.54) is 18.2 Å². The van der Waals surface area contributed by atoms with Crippen molar-refractivity contribution in [2.45, 2.75) is 31.7 Å². The summed E-state index contributed by atoms with van der Waals surface area (Å²) in [5, 5.41) is 9.70. The van der Waals surface area contributed by atoms with Gasteiger partial charge in [-0.1, -0.05) is 13.0 Å². The molecule has 1 aromatic rings. The monoisotopic (exact) mass is 275 g/mol. The highest BCUT2D eigenvalue weighted by atomic mass is 16.5. The van der Waals surface area contributed by atoms with Gasteiger partial charge >= 0.3 is 5.97 Å². The van der Waals surface area contributed by atoms with E-state index in [9.17, 15) is 9.90 Å². The number of fused-ring (bicyclic) bond motifs is 4. The third-order valence-corrected chi connectivity index (χ3v) is 4.80. The minimum atomic E-state index is -0.160. The number of carbonyl (C=O) groups is 1. The summed E-state index contributed by atoms with van der Waals surface area (Å²) in [6.45, 7) is 3.52. The molecule has 4 nitrogen and oxygen atoms in total. The van der Waals surface area contributed by atoms with Crippen molar-refractivity contribution < 1.29 is 14.6 Å². The molecule has 1 N–H and O–H groups in total. The highest BCUT2D eigenvalue weighted by molar-refractivity contribution is 5.71. The predicted octanol–water partition coefficient (Wildman–Crippen LogP) is 1.92. The molecule has 1 aromatic carbocycles. The van der Waals surface area contributed by atoms with Crippen LogP contribution in [0.5, 0.6) is 5.75 Å². The maximum absolute atomic E-state index is 11.5. The van der Waals surface area contributed by atoms with E-state index in [-0.39, 0.29) is 5.97 Å². The Kier molecular flexibility index (Phi) is 3.42. The number of phenolic OH excluding ortho intramolecular Hbond substituents is 1. The van der Waals surface area contributed by atoms with Crippen molar-refractivity contribution in [2.75, 3.05) is 20.2 Å². The smallest absolute Gasteiger partial charge is 0.319 e. The van der Waals surface area contributed by atoms with E-state index in [1.54, 1.807) is 6.07 Å². The molecule has 4 heteroatoms. The Labute approximate surface area is 119 Å². The van der Waals surface area contributed by atoms with Gasteiger partial charge in [0.15, 0.2) is 0 Å². The van der Waals surface area contributed by atoms with E-state index in [0.29, 0.717) is 30.2 Å². The van der Waals surface area contributed by atoms with Gasteiger partial charge in [-0.2, -0.15) is 0 Å². The van der Waals surface area contributed by atoms with E-state index >= 15 is 0 Å². The van der Waals surface area contributed by atoms with Crippen LogP contribution < -0.4 is 0 Å². The van der Waals surface area contributed by atoms with E-state index in [2.05, 4.69) is 11.8 Å². The Hall–Kier alpha value is -1.55. The summed E-state index contributed by atoms with van der Waals surface area (Å²) < 4.78 is 4.80. The lowest BCUT2D eigenvalue weighted by Crippen LogP contribution is -2.51. The molecular formula is C16H21NO3. The number of ether oxygens (including phenoxy) is 1. The van der Waals surface area contributed by atoms with Gasteiger partial charge in [-0.3, -0.25) is 9.69 Å². The molecule has 3 atom stereocenters. The van der Waals surface area contributed by atoms with Crippen molar-refractivity contribution in [3.05, 3.63) is 29.3 Å². The first-order chi connectivity index (χ1) is 9.58. The molecule has 0 aromatic heterocycles. The first kappa shape index (κ1) is 13.4. The van der Waals surface area contributed by atoms with Crippen molar-refractivity contribution >= 4 is 5.97 Å². The normalized spacial score (nSPS) is 28.8. The number of carbonyl (C=O) groups excluding carboxylic acids is 1. The second-order valence-electron chi connectivity index (χ2n) is 6.07. The quantitative estimate of drug-likeness (QED) is 0.838. The zero-order chi connectivity index (χ0) is 14.3. The summed E-state index contributed by atoms with van der Waals surface area (Å²) >= 11 is 0. The highest BCUT2D eigenvalue weighted by Crippen LogP contribution is 2.43. The van der Waals surface area contributed by atoms with Crippen LogP contribution >= 0.6 is 0 Å². The Morgan fingerprint density at radius 2 is 2.30 bits per heavy atom. The average Bonchev–Trinajstić information content (AvgIpc) is 2.44. The Morgan fingerprint density at radius 3 is 3.05 bits per heavy atom. The molecule has 3 rings (SSSR count). The first-order valence-corrected chi connectivity index (χ1v) is 7.21. The number of nitrogens with zero attached hydrogens (tertiary/aromatic N) is 1. The van der Waals surface area contributed by atoms with Crippen LogP contribution in [0, 0.1) is 5.92 Å². The molecule has 1 heterocycles. The summed E-state index contributed by atoms with van der Waals surface area (Å²) in [5.74, 6) is 1.17. The largest absolute Gasteiger partial charge is 0.508 e. The van der Waals surface area contributed by atoms with Gasteiger partial charge in [-0.15, -0.1) is 0 Å². The van der Waals surface area contributed by atoms with Gasteiger partial charge < -0.3 is 9.84 Å². The minimum Gasteiger partial charge on any atom is -0.508 e. The number of benzene rings is 1. The fourth-order valence-electron chi connectivity index (χ4n) is 3.76. The number of hydrogen-bond donors (Lipinski definition) is 1. The number of likely N-dealkylation sites (tertiary alicyclic amines) is 1. The molecule has 1 fully saturated rings. The topological polar surface area (TPSA) is 49.8 Å². The van der Waals surface area contributed by atoms with Crippen molar-refractivity contribution in [1.82, 2.24) is 4.90 Å². The molecule has 1 saturated heterocycles. The lowest BCUT2D eigenvalue weighted by atomic mass is 9.71. The number of piperidine rings is 1. The van der Waals surface area contributed by atoms with Gasteiger partial charge in [0.1, 0.15) is 5.75 Å². The summed E-state index contributed by atoms with van der Waals surface area (Å²) in [6, 6.07) is 6.11. The summed E-state index contributed by atoms with van der Waals surface area (Å²) in [5.41, 5.74) is 2.61. The van der Waals surface area contributed by atoms with Gasteiger partial charge in [-0.25, -0.2) is 0 Å². The van der Waals surface area contributed by atoms with Gasteiger partial charge in [0.25, 0.3) is 0 Å². The number of rotatable bonds is 2. The van der Waals surface area contributed by atoms with Crippen molar-refractivity contribution in [1.29, 1.82) is 0 Å². The predicted molar refractivity (Wildman–Crippen MR) is 75.7 cm³/mol. The lowest BCUT2D eigenvalue weighted by Gasteiger charge is -2.47. The fourth-order valence-corrected chi connectivity index (χ4v) is 3.76. The Bertz CT molecular complexity index is 528. The molecular weight excluding hydrogens is 254 g/mol. The highest BCUT2D eigenvalue weighted by Gasteiger charge is 2.39. The first-order valence-electron chi connectivity index (χ1n) is 7.21. The second kappa shape index (κ2) is 5.09. The molecule has 1 aliphatic carbocycles. The molecule has 2 aliphatic rings. The third-order valence-electron chi connectivity index (χ3n) is 4.80. The SMILES string of the molecule is COC(=O)CN1C[C@@H](C)[C@@H]2C[C@H]1Cc1ccc(O)cc12. The zero-order valence-electron chi connectivity index (χ0n) is 12.0. The number of hydrogen-bond acceptors (Lipinski definition) is 4. The summed E-state index contributed by atoms with van der Waals surface area (Å²) in [7, 11) is 1.44. The molecule has 0 spiro atoms. The van der Waals surface area contributed by atoms with Crippen LogP contribution in [0.1, 0.15) is 30.4 Å². The number of phenols is 1. The van der Waals surface area contributed by atoms with Crippen LogP contribution in [0.25, 0.3) is 0 Å². The fraction of sp³-hybridized carbons (Fsp3) is 0.562. The van der Waals surface area contributed by atoms with Crippen LogP contribution in [0.4, 0.5) is 0 Å². The molecule has 0 amide bonds. The van der Waals surface area contributed by atoms with Gasteiger partial charge in [-0.05, 0) is 47.9 Å². The van der Waals surface area contributed by atoms with E-state index in [1.807, 2.05) is 12.1 Å². The maximum Gasteiger partial charge on any atom is 0.319 e. The minimum absolute atomic E-state index is 0.160. The van der Waals surface area contributed by atoms with Crippen LogP contribution in [-0.2, 0) is 16.0 Å². The van der Waals surface area contributed by atoms with E-state index in [4.69, 9.17) is 4.74 Å². The number of esters is 1. The van der Waals surface area contributed by atoms with Crippen molar-refractivity contribution in [2.24, 2.45) is 5.92 Å². The van der Waals surface area contributed by atoms with E-state index in [0.717, 1.165) is 19.4 Å². The van der Waals surface area contributed by atoms with Crippen molar-refractivity contribution in [3.63, 3.8) is 0 Å². The van der Waals surface area contributed by atoms with Crippen molar-refractivity contribution in [3.8, 4) is 5.75 Å².